The van der Waals surface area contributed by atoms with E-state index < -0.39 is 56.2 Å². The molecule has 2 saturated heterocycles. The summed E-state index contributed by atoms with van der Waals surface area (Å²) < 4.78 is 82.8. The van der Waals surface area contributed by atoms with Crippen LogP contribution in [-0.2, 0) is 26.9 Å². The highest BCUT2D eigenvalue weighted by molar-refractivity contribution is 7.90. The van der Waals surface area contributed by atoms with Crippen LogP contribution in [0.2, 0.25) is 10.0 Å². The van der Waals surface area contributed by atoms with Crippen molar-refractivity contribution >= 4 is 67.3 Å². The molecule has 17 heteroatoms. The number of alkyl halides is 3. The lowest BCUT2D eigenvalue weighted by atomic mass is 9.87. The van der Waals surface area contributed by atoms with E-state index in [2.05, 4.69) is 15.1 Å². The highest BCUT2D eigenvalue weighted by atomic mass is 35.5. The average molecular weight is 610 g/mol. The number of nitrogens with zero attached hydrogens (tertiary/aromatic N) is 4. The Balaban J connectivity index is 1.60. The standard InChI is InChI=1S/C22H17Cl2F4N5O5S/c1-31-9-29-13-3-4-14(17(23)16(13)20(31)34)30-19-12(25)2-5-15(18(19)24)33(38-21(35)22(26,27)28)39(36,37)32-8-10-6-11(32)7-10/h2-5,9-11,30H,6-8H2,1H3. The number of hydrogen-bond acceptors (Lipinski definition) is 7. The quantitative estimate of drug-likeness (QED) is 0.327. The molecule has 0 unspecified atom stereocenters. The number of halogens is 6. The minimum atomic E-state index is -5.55. The molecule has 1 aromatic heterocycles. The summed E-state index contributed by atoms with van der Waals surface area (Å²) in [6, 6.07) is 3.73. The van der Waals surface area contributed by atoms with E-state index in [1.165, 1.54) is 25.5 Å². The van der Waals surface area contributed by atoms with E-state index in [0.717, 1.165) is 14.9 Å². The van der Waals surface area contributed by atoms with Gasteiger partial charge in [-0.1, -0.05) is 27.7 Å². The lowest BCUT2D eigenvalue weighted by molar-refractivity contribution is -0.199. The second kappa shape index (κ2) is 9.50. The molecule has 3 aliphatic rings. The number of anilines is 3. The largest absolute Gasteiger partial charge is 0.493 e. The maximum Gasteiger partial charge on any atom is 0.493 e. The van der Waals surface area contributed by atoms with E-state index >= 15 is 0 Å². The van der Waals surface area contributed by atoms with Crippen LogP contribution in [0.4, 0.5) is 34.6 Å². The monoisotopic (exact) mass is 609 g/mol. The molecule has 0 spiro atoms. The third-order valence-corrected chi connectivity index (χ3v) is 9.02. The number of aromatic nitrogens is 2. The molecule has 1 aliphatic carbocycles. The third-order valence-electron chi connectivity index (χ3n) is 6.51. The van der Waals surface area contributed by atoms with Crippen LogP contribution in [0.15, 0.2) is 35.4 Å². The van der Waals surface area contributed by atoms with Gasteiger partial charge in [-0.05, 0) is 43.0 Å². The molecule has 39 heavy (non-hydrogen) atoms. The van der Waals surface area contributed by atoms with Crippen LogP contribution in [0, 0.1) is 11.7 Å². The van der Waals surface area contributed by atoms with Gasteiger partial charge in [-0.25, -0.2) is 14.2 Å². The predicted octanol–water partition coefficient (Wildman–Crippen LogP) is 4.29. The zero-order chi connectivity index (χ0) is 28.4. The number of carbonyl (C=O) groups is 1. The summed E-state index contributed by atoms with van der Waals surface area (Å²) >= 11 is 12.7. The van der Waals surface area contributed by atoms with Gasteiger partial charge in [0.2, 0.25) is 0 Å². The number of carbonyl (C=O) groups excluding carboxylic acids is 1. The van der Waals surface area contributed by atoms with Gasteiger partial charge in [-0.3, -0.25) is 4.79 Å². The molecule has 2 aromatic carbocycles. The van der Waals surface area contributed by atoms with E-state index in [4.69, 9.17) is 23.2 Å². The average Bonchev–Trinajstić information content (AvgIpc) is 3.46. The lowest BCUT2D eigenvalue weighted by Gasteiger charge is -2.31. The molecule has 1 saturated carbocycles. The zero-order valence-electron chi connectivity index (χ0n) is 19.7. The maximum atomic E-state index is 15.0. The van der Waals surface area contributed by atoms with Crippen molar-refractivity contribution < 1.29 is 35.6 Å². The van der Waals surface area contributed by atoms with Crippen molar-refractivity contribution in [3.05, 3.63) is 56.8 Å². The summed E-state index contributed by atoms with van der Waals surface area (Å²) in [6.45, 7) is 0.00663. The van der Waals surface area contributed by atoms with Crippen LogP contribution < -0.4 is 15.3 Å². The first-order valence-corrected chi connectivity index (χ1v) is 13.4. The number of fused-ring (bicyclic) bond motifs is 2. The summed E-state index contributed by atoms with van der Waals surface area (Å²) in [6.07, 6.45) is -3.28. The van der Waals surface area contributed by atoms with Crippen molar-refractivity contribution in [3.63, 3.8) is 0 Å². The smallest absolute Gasteiger partial charge is 0.351 e. The number of benzene rings is 2. The van der Waals surface area contributed by atoms with Crippen molar-refractivity contribution in [2.24, 2.45) is 13.0 Å². The maximum absolute atomic E-state index is 15.0. The van der Waals surface area contributed by atoms with Crippen LogP contribution in [0.5, 0.6) is 0 Å². The Morgan fingerprint density at radius 3 is 2.49 bits per heavy atom. The van der Waals surface area contributed by atoms with Gasteiger partial charge in [0.15, 0.2) is 0 Å². The van der Waals surface area contributed by atoms with Gasteiger partial charge in [0, 0.05) is 19.6 Å². The van der Waals surface area contributed by atoms with Gasteiger partial charge in [0.25, 0.3) is 5.56 Å². The molecule has 0 amide bonds. The van der Waals surface area contributed by atoms with E-state index in [0.29, 0.717) is 18.9 Å². The Labute approximate surface area is 227 Å². The Bertz CT molecular complexity index is 1680. The van der Waals surface area contributed by atoms with Crippen LogP contribution in [0.25, 0.3) is 10.9 Å². The summed E-state index contributed by atoms with van der Waals surface area (Å²) in [5.41, 5.74) is -1.71. The summed E-state index contributed by atoms with van der Waals surface area (Å²) in [4.78, 5) is 32.7. The molecule has 3 fully saturated rings. The molecule has 3 aromatic rings. The van der Waals surface area contributed by atoms with Gasteiger partial charge >= 0.3 is 22.4 Å². The number of rotatable bonds is 6. The summed E-state index contributed by atoms with van der Waals surface area (Å²) in [5.74, 6) is -3.86. The minimum Gasteiger partial charge on any atom is -0.351 e. The van der Waals surface area contributed by atoms with Gasteiger partial charge < -0.3 is 14.7 Å². The van der Waals surface area contributed by atoms with E-state index in [-0.39, 0.29) is 38.5 Å². The van der Waals surface area contributed by atoms with Crippen LogP contribution in [0.3, 0.4) is 0 Å². The Morgan fingerprint density at radius 2 is 1.87 bits per heavy atom. The molecule has 10 nitrogen and oxygen atoms in total. The molecule has 6 rings (SSSR count). The number of aryl methyl sites for hydroxylation is 1. The second-order valence-corrected chi connectivity index (χ2v) is 11.5. The SMILES string of the molecule is Cn1cnc2ccc(Nc3c(F)ccc(N(OC(=O)C(F)(F)F)S(=O)(=O)N4CC5CC4C5)c3Cl)c(Cl)c2c1=O. The number of hydrogen-bond donors (Lipinski definition) is 1. The molecule has 208 valence electrons. The van der Waals surface area contributed by atoms with Crippen molar-refractivity contribution in [2.75, 3.05) is 16.3 Å². The van der Waals surface area contributed by atoms with Crippen LogP contribution >= 0.6 is 23.2 Å². The van der Waals surface area contributed by atoms with E-state index in [9.17, 15) is 35.6 Å². The van der Waals surface area contributed by atoms with Gasteiger partial charge in [-0.2, -0.15) is 25.9 Å². The summed E-state index contributed by atoms with van der Waals surface area (Å²) in [5, 5.41) is 1.62. The molecule has 1 N–H and O–H groups in total. The van der Waals surface area contributed by atoms with Crippen LogP contribution in [0.1, 0.15) is 12.8 Å². The number of nitrogens with one attached hydrogen (secondary N) is 1. The first kappa shape index (κ1) is 27.4. The Morgan fingerprint density at radius 1 is 1.18 bits per heavy atom. The highest BCUT2D eigenvalue weighted by Crippen LogP contribution is 2.45. The van der Waals surface area contributed by atoms with Crippen molar-refractivity contribution in [3.8, 4) is 0 Å². The first-order valence-electron chi connectivity index (χ1n) is 11.2. The van der Waals surface area contributed by atoms with E-state index in [1.807, 2.05) is 0 Å². The topological polar surface area (TPSA) is 114 Å². The third kappa shape index (κ3) is 4.66. The minimum absolute atomic E-state index is 0.00663. The first-order chi connectivity index (χ1) is 18.2. The highest BCUT2D eigenvalue weighted by Gasteiger charge is 2.53. The molecule has 3 heterocycles. The fourth-order valence-electron chi connectivity index (χ4n) is 4.50. The molecule has 0 radical (unpaired) electrons. The Kier molecular flexibility index (Phi) is 6.68. The summed E-state index contributed by atoms with van der Waals surface area (Å²) in [7, 11) is -3.44. The van der Waals surface area contributed by atoms with Gasteiger partial charge in [-0.15, -0.1) is 0 Å². The predicted molar refractivity (Wildman–Crippen MR) is 133 cm³/mol. The molecule has 2 aliphatic heterocycles. The Hall–Kier alpha value is -3.14. The van der Waals surface area contributed by atoms with Gasteiger partial charge in [0.1, 0.15) is 11.5 Å². The second-order valence-electron chi connectivity index (χ2n) is 9.03. The van der Waals surface area contributed by atoms with Gasteiger partial charge in [0.05, 0.1) is 38.7 Å². The van der Waals surface area contributed by atoms with Crippen molar-refractivity contribution in [1.29, 1.82) is 0 Å². The fraction of sp³-hybridized carbons (Fsp3) is 0.318. The molecular formula is C22H17Cl2F4N5O5S. The molecule has 0 atom stereocenters. The normalized spacial score (nSPS) is 19.2. The molecule has 2 bridgehead atoms. The lowest BCUT2D eigenvalue weighted by Crippen LogP contribution is -2.47. The zero-order valence-corrected chi connectivity index (χ0v) is 22.0. The van der Waals surface area contributed by atoms with Crippen molar-refractivity contribution in [1.82, 2.24) is 13.9 Å². The molecular weight excluding hydrogens is 593 g/mol. The van der Waals surface area contributed by atoms with Crippen molar-refractivity contribution in [2.45, 2.75) is 25.1 Å². The van der Waals surface area contributed by atoms with Crippen LogP contribution in [-0.4, -0.2) is 47.0 Å². The van der Waals surface area contributed by atoms with E-state index in [1.54, 1.807) is 0 Å². The fourth-order valence-corrected chi connectivity index (χ4v) is 6.81.